The highest BCUT2D eigenvalue weighted by atomic mass is 16.4. The average Bonchev–Trinajstić information content (AvgIpc) is 2.72. The van der Waals surface area contributed by atoms with E-state index in [2.05, 4.69) is 75.4 Å². The van der Waals surface area contributed by atoms with Gasteiger partial charge in [0.25, 0.3) is 0 Å². The molecule has 1 aliphatic rings. The molecule has 0 spiro atoms. The number of benzene rings is 2. The summed E-state index contributed by atoms with van der Waals surface area (Å²) in [6.07, 6.45) is 16.0. The Balaban J connectivity index is 1.84. The molecule has 2 nitrogen and oxygen atoms in total. The molecule has 0 aromatic heterocycles. The number of carboxylic acids is 1. The van der Waals surface area contributed by atoms with Gasteiger partial charge >= 0.3 is 5.97 Å². The first kappa shape index (κ1) is 23.5. The van der Waals surface area contributed by atoms with Gasteiger partial charge in [-0.15, -0.1) is 0 Å². The number of hydrogen-bond acceptors (Lipinski definition) is 1. The number of carboxylic acid groups (broad SMARTS) is 1. The summed E-state index contributed by atoms with van der Waals surface area (Å²) in [5.74, 6) is -0.918. The van der Waals surface area contributed by atoms with Crippen molar-refractivity contribution in [3.05, 3.63) is 107 Å². The van der Waals surface area contributed by atoms with Crippen LogP contribution in [-0.4, -0.2) is 11.1 Å². The van der Waals surface area contributed by atoms with Crippen LogP contribution in [0, 0.1) is 5.41 Å². The van der Waals surface area contributed by atoms with Crippen LogP contribution in [0.15, 0.2) is 101 Å². The van der Waals surface area contributed by atoms with Gasteiger partial charge in [-0.25, -0.2) is 4.79 Å². The fraction of sp³-hybridized carbons (Fsp3) is 0.300. The minimum Gasteiger partial charge on any atom is -0.478 e. The molecule has 2 aromatic rings. The van der Waals surface area contributed by atoms with E-state index in [1.807, 2.05) is 18.2 Å². The van der Waals surface area contributed by atoms with Gasteiger partial charge in [-0.3, -0.25) is 0 Å². The van der Waals surface area contributed by atoms with Gasteiger partial charge in [0.1, 0.15) is 0 Å². The maximum absolute atomic E-state index is 10.7. The van der Waals surface area contributed by atoms with Gasteiger partial charge in [0.05, 0.1) is 0 Å². The molecule has 0 radical (unpaired) electrons. The van der Waals surface area contributed by atoms with Gasteiger partial charge < -0.3 is 5.11 Å². The monoisotopic (exact) mass is 426 g/mol. The van der Waals surface area contributed by atoms with Crippen LogP contribution in [0.1, 0.15) is 52.5 Å². The lowest BCUT2D eigenvalue weighted by molar-refractivity contribution is -0.131. The Morgan fingerprint density at radius 2 is 1.78 bits per heavy atom. The van der Waals surface area contributed by atoms with Crippen molar-refractivity contribution in [3.63, 3.8) is 0 Å². The minimum atomic E-state index is -0.918. The van der Waals surface area contributed by atoms with E-state index >= 15 is 0 Å². The molecule has 32 heavy (non-hydrogen) atoms. The lowest BCUT2D eigenvalue weighted by atomic mass is 9.71. The lowest BCUT2D eigenvalue weighted by Crippen LogP contribution is -2.20. The van der Waals surface area contributed by atoms with E-state index in [9.17, 15) is 4.79 Å². The van der Waals surface area contributed by atoms with Crippen LogP contribution in [0.4, 0.5) is 0 Å². The second-order valence-corrected chi connectivity index (χ2v) is 9.44. The molecule has 0 fully saturated rings. The third-order valence-corrected chi connectivity index (χ3v) is 6.20. The molecular formula is C30H34O2. The summed E-state index contributed by atoms with van der Waals surface area (Å²) in [6.45, 7) is 8.57. The second-order valence-electron chi connectivity index (χ2n) is 9.44. The van der Waals surface area contributed by atoms with E-state index < -0.39 is 5.97 Å². The highest BCUT2D eigenvalue weighted by Crippen LogP contribution is 2.42. The normalized spacial score (nSPS) is 17.6. The summed E-state index contributed by atoms with van der Waals surface area (Å²) in [5.41, 5.74) is 6.39. The van der Waals surface area contributed by atoms with E-state index in [1.165, 1.54) is 46.4 Å². The zero-order valence-electron chi connectivity index (χ0n) is 19.7. The van der Waals surface area contributed by atoms with E-state index in [-0.39, 0.29) is 5.41 Å². The highest BCUT2D eigenvalue weighted by molar-refractivity contribution is 5.83. The summed E-state index contributed by atoms with van der Waals surface area (Å²) in [6, 6.07) is 15.4. The van der Waals surface area contributed by atoms with Gasteiger partial charge in [0.15, 0.2) is 0 Å². The maximum Gasteiger partial charge on any atom is 0.328 e. The molecule has 0 atom stereocenters. The Morgan fingerprint density at radius 3 is 2.53 bits per heavy atom. The second kappa shape index (κ2) is 10.5. The van der Waals surface area contributed by atoms with Crippen molar-refractivity contribution >= 4 is 16.7 Å². The predicted molar refractivity (Wildman–Crippen MR) is 136 cm³/mol. The first-order chi connectivity index (χ1) is 15.2. The zero-order valence-corrected chi connectivity index (χ0v) is 19.7. The third kappa shape index (κ3) is 6.43. The van der Waals surface area contributed by atoms with Crippen LogP contribution in [0.3, 0.4) is 0 Å². The SMILES string of the molecule is CC(/C=C/C1=C(Cc2ccc3ccccc3c2)CCCC1(C)C)=C\C=C\C(C)=C\C(=O)O. The van der Waals surface area contributed by atoms with E-state index in [0.717, 1.165) is 24.0 Å². The van der Waals surface area contributed by atoms with Crippen LogP contribution in [-0.2, 0) is 11.2 Å². The average molecular weight is 427 g/mol. The van der Waals surface area contributed by atoms with Crippen molar-refractivity contribution in [3.8, 4) is 0 Å². The molecule has 0 unspecified atom stereocenters. The van der Waals surface area contributed by atoms with Crippen LogP contribution < -0.4 is 0 Å². The number of hydrogen-bond donors (Lipinski definition) is 1. The van der Waals surface area contributed by atoms with Crippen LogP contribution in [0.2, 0.25) is 0 Å². The number of allylic oxidation sites excluding steroid dienone is 9. The third-order valence-electron chi connectivity index (χ3n) is 6.20. The molecule has 0 saturated heterocycles. The number of carbonyl (C=O) groups is 1. The highest BCUT2D eigenvalue weighted by Gasteiger charge is 2.28. The molecule has 166 valence electrons. The van der Waals surface area contributed by atoms with Gasteiger partial charge in [-0.05, 0) is 72.4 Å². The summed E-state index contributed by atoms with van der Waals surface area (Å²) >= 11 is 0. The van der Waals surface area contributed by atoms with Gasteiger partial charge in [-0.2, -0.15) is 0 Å². The summed E-state index contributed by atoms with van der Waals surface area (Å²) < 4.78 is 0. The summed E-state index contributed by atoms with van der Waals surface area (Å²) in [4.78, 5) is 10.7. The zero-order chi connectivity index (χ0) is 23.1. The first-order valence-electron chi connectivity index (χ1n) is 11.4. The molecule has 2 heteroatoms. The molecule has 0 saturated carbocycles. The minimum absolute atomic E-state index is 0.165. The molecule has 0 heterocycles. The molecule has 0 amide bonds. The fourth-order valence-corrected chi connectivity index (χ4v) is 4.48. The predicted octanol–water partition coefficient (Wildman–Crippen LogP) is 7.98. The van der Waals surface area contributed by atoms with Gasteiger partial charge in [-0.1, -0.05) is 97.8 Å². The Hall–Kier alpha value is -3.13. The summed E-state index contributed by atoms with van der Waals surface area (Å²) in [5, 5.41) is 11.4. The Morgan fingerprint density at radius 1 is 1.03 bits per heavy atom. The Bertz CT molecular complexity index is 1140. The number of fused-ring (bicyclic) bond motifs is 1. The van der Waals surface area contributed by atoms with Gasteiger partial charge in [0.2, 0.25) is 0 Å². The molecule has 0 aliphatic heterocycles. The van der Waals surface area contributed by atoms with Crippen LogP contribution >= 0.6 is 0 Å². The van der Waals surface area contributed by atoms with Crippen molar-refractivity contribution in [2.75, 3.05) is 0 Å². The molecule has 3 rings (SSSR count). The van der Waals surface area contributed by atoms with Crippen LogP contribution in [0.25, 0.3) is 10.8 Å². The van der Waals surface area contributed by atoms with Crippen molar-refractivity contribution in [1.29, 1.82) is 0 Å². The first-order valence-corrected chi connectivity index (χ1v) is 11.4. The van der Waals surface area contributed by atoms with Crippen molar-refractivity contribution < 1.29 is 9.90 Å². The standard InChI is InChI=1S/C30H34O2/c1-22(9-7-10-23(2)19-29(31)32)14-17-28-27(13-8-18-30(28,3)4)21-24-15-16-25-11-5-6-12-26(25)20-24/h5-7,9-12,14-17,19-20H,8,13,18,21H2,1-4H3,(H,31,32)/b10-7+,17-14+,22-9+,23-19+. The number of aliphatic carboxylic acids is 1. The molecule has 2 aromatic carbocycles. The largest absolute Gasteiger partial charge is 0.478 e. The smallest absolute Gasteiger partial charge is 0.328 e. The van der Waals surface area contributed by atoms with E-state index in [4.69, 9.17) is 5.11 Å². The molecule has 1 aliphatic carbocycles. The van der Waals surface area contributed by atoms with E-state index in [0.29, 0.717) is 0 Å². The van der Waals surface area contributed by atoms with Crippen molar-refractivity contribution in [2.45, 2.75) is 53.4 Å². The Kier molecular flexibility index (Phi) is 7.69. The lowest BCUT2D eigenvalue weighted by Gasteiger charge is -2.34. The molecule has 1 N–H and O–H groups in total. The van der Waals surface area contributed by atoms with Gasteiger partial charge in [0, 0.05) is 6.08 Å². The van der Waals surface area contributed by atoms with Crippen molar-refractivity contribution in [2.24, 2.45) is 5.41 Å². The number of rotatable bonds is 7. The maximum atomic E-state index is 10.7. The molecular weight excluding hydrogens is 392 g/mol. The molecule has 0 bridgehead atoms. The quantitative estimate of drug-likeness (QED) is 0.360. The fourth-order valence-electron chi connectivity index (χ4n) is 4.48. The van der Waals surface area contributed by atoms with Crippen LogP contribution in [0.5, 0.6) is 0 Å². The summed E-state index contributed by atoms with van der Waals surface area (Å²) in [7, 11) is 0. The van der Waals surface area contributed by atoms with E-state index in [1.54, 1.807) is 6.92 Å². The topological polar surface area (TPSA) is 37.3 Å². The Labute approximate surface area is 192 Å². The van der Waals surface area contributed by atoms with Crippen molar-refractivity contribution in [1.82, 2.24) is 0 Å².